The fourth-order valence-corrected chi connectivity index (χ4v) is 4.75. The lowest BCUT2D eigenvalue weighted by Crippen LogP contribution is -2.14. The first-order chi connectivity index (χ1) is 14.3. The molecule has 0 unspecified atom stereocenters. The Morgan fingerprint density at radius 1 is 1.03 bits per heavy atom. The summed E-state index contributed by atoms with van der Waals surface area (Å²) in [6.45, 7) is 3.78. The van der Waals surface area contributed by atoms with Gasteiger partial charge in [-0.1, -0.05) is 30.3 Å². The first-order valence-corrected chi connectivity index (χ1v) is 10.7. The maximum Gasteiger partial charge on any atom is 0.265 e. The van der Waals surface area contributed by atoms with Crippen molar-refractivity contribution in [1.29, 1.82) is 0 Å². The topological polar surface area (TPSA) is 81.8 Å². The Morgan fingerprint density at radius 3 is 2.43 bits per heavy atom. The molecule has 0 aliphatic heterocycles. The molecule has 4 aromatic rings. The third-order valence-corrected chi connectivity index (χ3v) is 6.27. The monoisotopic (exact) mass is 425 g/mol. The number of benzene rings is 2. The minimum absolute atomic E-state index is 0.137. The molecule has 0 aliphatic rings. The molecule has 0 saturated carbocycles. The summed E-state index contributed by atoms with van der Waals surface area (Å²) in [5.41, 5.74) is 2.90. The normalized spacial score (nSPS) is 11.6. The van der Waals surface area contributed by atoms with E-state index < -0.39 is 10.0 Å². The van der Waals surface area contributed by atoms with Gasteiger partial charge >= 0.3 is 0 Å². The maximum atomic E-state index is 13.0. The van der Waals surface area contributed by atoms with Crippen LogP contribution in [0.4, 0.5) is 10.1 Å². The molecule has 7 nitrogen and oxygen atoms in total. The molecule has 9 heteroatoms. The Bertz CT molecular complexity index is 1280. The van der Waals surface area contributed by atoms with E-state index in [9.17, 15) is 12.8 Å². The van der Waals surface area contributed by atoms with Crippen LogP contribution in [0.2, 0.25) is 0 Å². The molecule has 2 heterocycles. The Balaban J connectivity index is 1.58. The summed E-state index contributed by atoms with van der Waals surface area (Å²) in [5.74, 6) is -0.311. The van der Waals surface area contributed by atoms with Crippen LogP contribution in [-0.2, 0) is 16.6 Å². The minimum atomic E-state index is -3.86. The molecule has 0 bridgehead atoms. The molecule has 2 aromatic heterocycles. The summed E-state index contributed by atoms with van der Waals surface area (Å²) >= 11 is 0. The van der Waals surface area contributed by atoms with Gasteiger partial charge in [0.05, 0.1) is 35.5 Å². The van der Waals surface area contributed by atoms with Gasteiger partial charge in [-0.25, -0.2) is 17.5 Å². The number of para-hydroxylation sites is 1. The van der Waals surface area contributed by atoms with Crippen LogP contribution in [0.15, 0.2) is 71.9 Å². The predicted octanol–water partition coefficient (Wildman–Crippen LogP) is 3.67. The van der Waals surface area contributed by atoms with Gasteiger partial charge in [-0.05, 0) is 43.7 Å². The molecule has 0 atom stereocenters. The van der Waals surface area contributed by atoms with Crippen molar-refractivity contribution >= 4 is 15.7 Å². The second-order valence-corrected chi connectivity index (χ2v) is 8.53. The number of nitrogens with zero attached hydrogens (tertiary/aromatic N) is 4. The predicted molar refractivity (Wildman–Crippen MR) is 112 cm³/mol. The average Bonchev–Trinajstić information content (AvgIpc) is 3.27. The third kappa shape index (κ3) is 3.97. The highest BCUT2D eigenvalue weighted by Gasteiger charge is 2.25. The number of hydrogen-bond acceptors (Lipinski definition) is 4. The first kappa shape index (κ1) is 19.8. The van der Waals surface area contributed by atoms with Crippen LogP contribution >= 0.6 is 0 Å². The van der Waals surface area contributed by atoms with Gasteiger partial charge in [0.15, 0.2) is 0 Å². The summed E-state index contributed by atoms with van der Waals surface area (Å²) in [7, 11) is -3.86. The van der Waals surface area contributed by atoms with E-state index in [1.807, 2.05) is 30.3 Å². The van der Waals surface area contributed by atoms with Gasteiger partial charge in [0.1, 0.15) is 10.7 Å². The number of rotatable bonds is 6. The Hall–Kier alpha value is -3.46. The van der Waals surface area contributed by atoms with Crippen molar-refractivity contribution in [1.82, 2.24) is 19.6 Å². The summed E-state index contributed by atoms with van der Waals surface area (Å²) in [6.07, 6.45) is 3.03. The number of hydrogen-bond donors (Lipinski definition) is 1. The number of aryl methyl sites for hydroxylation is 1. The molecule has 0 aliphatic carbocycles. The van der Waals surface area contributed by atoms with Crippen molar-refractivity contribution in [2.24, 2.45) is 0 Å². The number of halogens is 1. The fraction of sp³-hybridized carbons (Fsp3) is 0.143. The minimum Gasteiger partial charge on any atom is -0.276 e. The van der Waals surface area contributed by atoms with Gasteiger partial charge in [-0.2, -0.15) is 10.2 Å². The van der Waals surface area contributed by atoms with Crippen molar-refractivity contribution < 1.29 is 12.8 Å². The van der Waals surface area contributed by atoms with Gasteiger partial charge in [-0.3, -0.25) is 9.40 Å². The van der Waals surface area contributed by atoms with E-state index in [4.69, 9.17) is 0 Å². The largest absolute Gasteiger partial charge is 0.276 e. The second-order valence-electron chi connectivity index (χ2n) is 6.91. The van der Waals surface area contributed by atoms with Crippen molar-refractivity contribution in [3.63, 3.8) is 0 Å². The van der Waals surface area contributed by atoms with E-state index >= 15 is 0 Å². The van der Waals surface area contributed by atoms with Gasteiger partial charge in [0.2, 0.25) is 0 Å². The molecule has 154 valence electrons. The van der Waals surface area contributed by atoms with Crippen LogP contribution in [0.3, 0.4) is 0 Å². The first-order valence-electron chi connectivity index (χ1n) is 9.25. The maximum absolute atomic E-state index is 13.0. The van der Waals surface area contributed by atoms with Crippen LogP contribution < -0.4 is 4.72 Å². The SMILES string of the molecule is Cc1nn(-c2ccccc2)c(C)c1S(=O)(=O)Nc1cnn(Cc2ccc(F)cc2)c1. The van der Waals surface area contributed by atoms with Crippen molar-refractivity contribution in [2.45, 2.75) is 25.3 Å². The van der Waals surface area contributed by atoms with Gasteiger partial charge in [-0.15, -0.1) is 0 Å². The number of aromatic nitrogens is 4. The van der Waals surface area contributed by atoms with Gasteiger partial charge in [0, 0.05) is 6.20 Å². The van der Waals surface area contributed by atoms with E-state index in [0.29, 0.717) is 23.6 Å². The Morgan fingerprint density at radius 2 is 1.73 bits per heavy atom. The molecule has 0 saturated heterocycles. The van der Waals surface area contributed by atoms with Crippen molar-refractivity contribution in [3.05, 3.63) is 89.8 Å². The van der Waals surface area contributed by atoms with Crippen LogP contribution in [0.5, 0.6) is 0 Å². The van der Waals surface area contributed by atoms with E-state index in [-0.39, 0.29) is 10.7 Å². The van der Waals surface area contributed by atoms with E-state index in [1.165, 1.54) is 18.3 Å². The van der Waals surface area contributed by atoms with E-state index in [2.05, 4.69) is 14.9 Å². The lowest BCUT2D eigenvalue weighted by atomic mass is 10.2. The molecule has 1 N–H and O–H groups in total. The molecule has 2 aromatic carbocycles. The molecular weight excluding hydrogens is 405 g/mol. The highest BCUT2D eigenvalue weighted by molar-refractivity contribution is 7.92. The summed E-state index contributed by atoms with van der Waals surface area (Å²) in [6, 6.07) is 15.4. The zero-order valence-electron chi connectivity index (χ0n) is 16.4. The van der Waals surface area contributed by atoms with E-state index in [1.54, 1.807) is 41.5 Å². The average molecular weight is 425 g/mol. The molecule has 0 fully saturated rings. The second kappa shape index (κ2) is 7.75. The summed E-state index contributed by atoms with van der Waals surface area (Å²) in [5, 5.41) is 8.59. The zero-order chi connectivity index (χ0) is 21.3. The third-order valence-electron chi connectivity index (χ3n) is 4.64. The van der Waals surface area contributed by atoms with Crippen LogP contribution in [0, 0.1) is 19.7 Å². The van der Waals surface area contributed by atoms with Gasteiger partial charge < -0.3 is 0 Å². The highest BCUT2D eigenvalue weighted by Crippen LogP contribution is 2.24. The molecular formula is C21H20FN5O2S. The van der Waals surface area contributed by atoms with E-state index in [0.717, 1.165) is 11.3 Å². The molecule has 0 amide bonds. The van der Waals surface area contributed by atoms with Crippen molar-refractivity contribution in [2.75, 3.05) is 4.72 Å². The summed E-state index contributed by atoms with van der Waals surface area (Å²) < 4.78 is 44.9. The number of nitrogens with one attached hydrogen (secondary N) is 1. The molecule has 30 heavy (non-hydrogen) atoms. The molecule has 0 radical (unpaired) electrons. The Labute approximate surface area is 173 Å². The standard InChI is InChI=1S/C21H20FN5O2S/c1-15-21(16(2)27(24-15)20-6-4-3-5-7-20)30(28,29)25-19-12-23-26(14-19)13-17-8-10-18(22)11-9-17/h3-12,14,25H,13H2,1-2H3. The molecule has 4 rings (SSSR count). The Kier molecular flexibility index (Phi) is 5.13. The van der Waals surface area contributed by atoms with Crippen LogP contribution in [0.1, 0.15) is 17.0 Å². The number of sulfonamides is 1. The smallest absolute Gasteiger partial charge is 0.265 e. The highest BCUT2D eigenvalue weighted by atomic mass is 32.2. The fourth-order valence-electron chi connectivity index (χ4n) is 3.32. The van der Waals surface area contributed by atoms with Crippen LogP contribution in [-0.4, -0.2) is 28.0 Å². The zero-order valence-corrected chi connectivity index (χ0v) is 17.3. The lowest BCUT2D eigenvalue weighted by Gasteiger charge is -2.07. The quantitative estimate of drug-likeness (QED) is 0.511. The number of anilines is 1. The lowest BCUT2D eigenvalue weighted by molar-refractivity contribution is 0.600. The summed E-state index contributed by atoms with van der Waals surface area (Å²) in [4.78, 5) is 0.137. The van der Waals surface area contributed by atoms with Crippen LogP contribution in [0.25, 0.3) is 5.69 Å². The van der Waals surface area contributed by atoms with Gasteiger partial charge in [0.25, 0.3) is 10.0 Å². The van der Waals surface area contributed by atoms with Crippen molar-refractivity contribution in [3.8, 4) is 5.69 Å². The molecule has 0 spiro atoms.